The molecule has 41 heavy (non-hydrogen) atoms. The third kappa shape index (κ3) is 8.38. The van der Waals surface area contributed by atoms with Gasteiger partial charge in [0.05, 0.1) is 17.6 Å². The topological polar surface area (TPSA) is 161 Å². The number of nitrogens with two attached hydrogens (primary N) is 1. The van der Waals surface area contributed by atoms with Gasteiger partial charge in [-0.15, -0.1) is 0 Å². The van der Waals surface area contributed by atoms with Gasteiger partial charge < -0.3 is 25.5 Å². The molecule has 2 aromatic heterocycles. The highest BCUT2D eigenvalue weighted by Gasteiger charge is 2.38. The third-order valence-electron chi connectivity index (χ3n) is 5.82. The van der Waals surface area contributed by atoms with E-state index >= 15 is 0 Å². The summed E-state index contributed by atoms with van der Waals surface area (Å²) < 4.78 is 39.2. The van der Waals surface area contributed by atoms with Crippen molar-refractivity contribution in [2.24, 2.45) is 0 Å². The van der Waals surface area contributed by atoms with Crippen molar-refractivity contribution in [2.45, 2.75) is 32.0 Å². The zero-order chi connectivity index (χ0) is 30.0. The van der Waals surface area contributed by atoms with Crippen molar-refractivity contribution < 1.29 is 37.4 Å². The number of para-hydroxylation sites is 1. The summed E-state index contributed by atoms with van der Waals surface area (Å²) in [5.41, 5.74) is 9.15. The van der Waals surface area contributed by atoms with Crippen molar-refractivity contribution in [3.63, 3.8) is 0 Å². The number of ether oxygens (including phenoxy) is 1. The van der Waals surface area contributed by atoms with Crippen molar-refractivity contribution in [1.29, 1.82) is 0 Å². The number of benzene rings is 2. The molecular formula is C27H29F3N6O5. The number of rotatable bonds is 9. The van der Waals surface area contributed by atoms with E-state index in [0.29, 0.717) is 43.0 Å². The van der Waals surface area contributed by atoms with Gasteiger partial charge in [-0.1, -0.05) is 36.4 Å². The number of aliphatic carboxylic acids is 1. The monoisotopic (exact) mass is 574 g/mol. The molecule has 4 aromatic rings. The second-order valence-electron chi connectivity index (χ2n) is 8.72. The number of imidazole rings is 1. The maximum atomic E-state index is 12.1. The first kappa shape index (κ1) is 30.8. The van der Waals surface area contributed by atoms with Crippen LogP contribution in [0.4, 0.5) is 23.8 Å². The number of carbonyl (C=O) groups excluding carboxylic acids is 2. The minimum atomic E-state index is -5.08. The predicted octanol–water partition coefficient (Wildman–Crippen LogP) is 3.91. The van der Waals surface area contributed by atoms with E-state index in [9.17, 15) is 22.8 Å². The zero-order valence-corrected chi connectivity index (χ0v) is 22.1. The van der Waals surface area contributed by atoms with Crippen molar-refractivity contribution in [1.82, 2.24) is 25.2 Å². The van der Waals surface area contributed by atoms with Gasteiger partial charge in [-0.3, -0.25) is 10.1 Å². The Balaban J connectivity index is 0.000000587. The standard InChI is InChI=1S/C25H28N6O3.C2HF3O2/c1-34-16-13-20-29-21-22(18-11-5-6-12-19(18)28-23(21)26)31(20)15-8-7-14-27-25(33)30-24(32)17-9-3-2-4-10-17;3-2(4,5)1(6)7/h2-6,9-12H,7-8,13-16H2,1H3,(H2,26,28)(H2,27,30,32,33);(H,6,7). The quantitative estimate of drug-likeness (QED) is 0.219. The maximum Gasteiger partial charge on any atom is 0.490 e. The number of hydrogen-bond donors (Lipinski definition) is 4. The van der Waals surface area contributed by atoms with E-state index in [4.69, 9.17) is 25.4 Å². The predicted molar refractivity (Wildman–Crippen MR) is 145 cm³/mol. The number of anilines is 1. The minimum Gasteiger partial charge on any atom is -0.475 e. The van der Waals surface area contributed by atoms with Gasteiger partial charge in [0.25, 0.3) is 5.91 Å². The number of unbranched alkanes of at least 4 members (excludes halogenated alkanes) is 1. The Kier molecular flexibility index (Phi) is 10.6. The molecule has 3 amide bonds. The molecule has 0 aliphatic carbocycles. The molecule has 14 heteroatoms. The van der Waals surface area contributed by atoms with Crippen LogP contribution >= 0.6 is 0 Å². The van der Waals surface area contributed by atoms with Crippen molar-refractivity contribution in [3.8, 4) is 0 Å². The second-order valence-corrected chi connectivity index (χ2v) is 8.72. The van der Waals surface area contributed by atoms with Crippen molar-refractivity contribution in [2.75, 3.05) is 26.0 Å². The highest BCUT2D eigenvalue weighted by molar-refractivity contribution is 6.06. The molecule has 0 radical (unpaired) electrons. The molecule has 0 unspecified atom stereocenters. The number of methoxy groups -OCH3 is 1. The van der Waals surface area contributed by atoms with Crippen molar-refractivity contribution >= 4 is 45.7 Å². The van der Waals surface area contributed by atoms with Crippen LogP contribution in [0.25, 0.3) is 21.9 Å². The van der Waals surface area contributed by atoms with Crippen molar-refractivity contribution in [3.05, 3.63) is 66.0 Å². The number of imide groups is 1. The lowest BCUT2D eigenvalue weighted by atomic mass is 10.2. The number of fused-ring (bicyclic) bond motifs is 3. The average Bonchev–Trinajstić information content (AvgIpc) is 3.31. The Morgan fingerprint density at radius 2 is 1.68 bits per heavy atom. The summed E-state index contributed by atoms with van der Waals surface area (Å²) in [5.74, 6) is -1.88. The molecule has 0 saturated carbocycles. The van der Waals surface area contributed by atoms with Crippen LogP contribution in [-0.2, 0) is 22.5 Å². The first-order valence-electron chi connectivity index (χ1n) is 12.5. The van der Waals surface area contributed by atoms with E-state index < -0.39 is 24.1 Å². The summed E-state index contributed by atoms with van der Waals surface area (Å²) in [6, 6.07) is 16.0. The largest absolute Gasteiger partial charge is 0.490 e. The summed E-state index contributed by atoms with van der Waals surface area (Å²) >= 11 is 0. The lowest BCUT2D eigenvalue weighted by Gasteiger charge is -2.11. The lowest BCUT2D eigenvalue weighted by molar-refractivity contribution is -0.192. The first-order chi connectivity index (χ1) is 19.5. The summed E-state index contributed by atoms with van der Waals surface area (Å²) in [6.45, 7) is 1.69. The number of halogens is 3. The molecule has 5 N–H and O–H groups in total. The molecule has 0 spiro atoms. The molecule has 0 aliphatic heterocycles. The van der Waals surface area contributed by atoms with Gasteiger partial charge >= 0.3 is 18.2 Å². The minimum absolute atomic E-state index is 0.410. The third-order valence-corrected chi connectivity index (χ3v) is 5.82. The normalized spacial score (nSPS) is 11.1. The molecule has 0 fully saturated rings. The fourth-order valence-electron chi connectivity index (χ4n) is 3.94. The van der Waals surface area contributed by atoms with E-state index in [1.807, 2.05) is 30.3 Å². The highest BCUT2D eigenvalue weighted by Crippen LogP contribution is 2.29. The van der Waals surface area contributed by atoms with E-state index in [1.54, 1.807) is 31.4 Å². The fraction of sp³-hybridized carbons (Fsp3) is 0.296. The smallest absolute Gasteiger partial charge is 0.475 e. The Bertz CT molecular complexity index is 1510. The van der Waals surface area contributed by atoms with Crippen LogP contribution in [0.15, 0.2) is 54.6 Å². The van der Waals surface area contributed by atoms with Crippen LogP contribution in [0, 0.1) is 0 Å². The number of pyridine rings is 1. The number of nitrogen functional groups attached to an aromatic ring is 1. The molecule has 0 atom stereocenters. The van der Waals surface area contributed by atoms with Crippen LogP contribution in [-0.4, -0.2) is 64.0 Å². The molecule has 218 valence electrons. The highest BCUT2D eigenvalue weighted by atomic mass is 19.4. The number of carbonyl (C=O) groups is 3. The van der Waals surface area contributed by atoms with Gasteiger partial charge in [-0.25, -0.2) is 19.6 Å². The van der Waals surface area contributed by atoms with E-state index in [-0.39, 0.29) is 0 Å². The summed E-state index contributed by atoms with van der Waals surface area (Å²) in [4.78, 5) is 42.3. The molecule has 2 heterocycles. The van der Waals surface area contributed by atoms with Crippen LogP contribution in [0.2, 0.25) is 0 Å². The first-order valence-corrected chi connectivity index (χ1v) is 12.5. The fourth-order valence-corrected chi connectivity index (χ4v) is 3.94. The zero-order valence-electron chi connectivity index (χ0n) is 22.1. The second kappa shape index (κ2) is 14.1. The van der Waals surface area contributed by atoms with E-state index in [1.165, 1.54) is 0 Å². The molecular weight excluding hydrogens is 545 g/mol. The number of urea groups is 1. The molecule has 11 nitrogen and oxygen atoms in total. The molecule has 0 saturated heterocycles. The Labute approximate surface area is 232 Å². The van der Waals surface area contributed by atoms with Gasteiger partial charge in [0, 0.05) is 37.6 Å². The number of carboxylic acids is 1. The van der Waals surface area contributed by atoms with Gasteiger partial charge in [0.15, 0.2) is 5.82 Å². The molecule has 0 aliphatic rings. The van der Waals surface area contributed by atoms with Crippen LogP contribution in [0.5, 0.6) is 0 Å². The summed E-state index contributed by atoms with van der Waals surface area (Å²) in [5, 5.41) is 13.2. The Morgan fingerprint density at radius 1 is 1.02 bits per heavy atom. The van der Waals surface area contributed by atoms with Crippen LogP contribution in [0.1, 0.15) is 29.0 Å². The van der Waals surface area contributed by atoms with Crippen LogP contribution < -0.4 is 16.4 Å². The Morgan fingerprint density at radius 3 is 2.34 bits per heavy atom. The average molecular weight is 575 g/mol. The summed E-state index contributed by atoms with van der Waals surface area (Å²) in [7, 11) is 1.66. The van der Waals surface area contributed by atoms with Gasteiger partial charge in [0.1, 0.15) is 11.3 Å². The number of nitrogens with zero attached hydrogens (tertiary/aromatic N) is 3. The number of hydrogen-bond acceptors (Lipinski definition) is 7. The van der Waals surface area contributed by atoms with Gasteiger partial charge in [0.2, 0.25) is 0 Å². The number of amides is 3. The molecule has 4 rings (SSSR count). The number of alkyl halides is 3. The number of aromatic nitrogens is 3. The SMILES string of the molecule is COCCc1nc2c(N)nc3ccccc3c2n1CCCCNC(=O)NC(=O)c1ccccc1.O=C(O)C(F)(F)F. The molecule has 2 aromatic carbocycles. The summed E-state index contributed by atoms with van der Waals surface area (Å²) in [6.07, 6.45) is -2.90. The maximum absolute atomic E-state index is 12.1. The number of carboxylic acid groups (broad SMARTS) is 1. The lowest BCUT2D eigenvalue weighted by Crippen LogP contribution is -2.39. The van der Waals surface area contributed by atoms with E-state index in [2.05, 4.69) is 20.2 Å². The number of nitrogens with one attached hydrogen (secondary N) is 2. The van der Waals surface area contributed by atoms with Crippen LogP contribution in [0.3, 0.4) is 0 Å². The van der Waals surface area contributed by atoms with Gasteiger partial charge in [-0.05, 0) is 31.0 Å². The number of aryl methyl sites for hydroxylation is 1. The van der Waals surface area contributed by atoms with Gasteiger partial charge in [-0.2, -0.15) is 13.2 Å². The van der Waals surface area contributed by atoms with E-state index in [0.717, 1.165) is 35.1 Å². The Hall–Kier alpha value is -4.72. The molecule has 0 bridgehead atoms.